The second-order valence-corrected chi connectivity index (χ2v) is 8.89. The summed E-state index contributed by atoms with van der Waals surface area (Å²) in [6, 6.07) is 26.0. The van der Waals surface area contributed by atoms with Gasteiger partial charge in [0.25, 0.3) is 15.9 Å². The van der Waals surface area contributed by atoms with Crippen molar-refractivity contribution in [1.29, 1.82) is 0 Å². The summed E-state index contributed by atoms with van der Waals surface area (Å²) < 4.78 is 38.6. The van der Waals surface area contributed by atoms with Crippen molar-refractivity contribution in [3.05, 3.63) is 91.0 Å². The average molecular weight is 463 g/mol. The molecule has 0 saturated carbocycles. The highest BCUT2D eigenvalue weighted by Gasteiger charge is 2.15. The lowest BCUT2D eigenvalue weighted by Gasteiger charge is -2.11. The van der Waals surface area contributed by atoms with E-state index < -0.39 is 15.9 Å². The highest BCUT2D eigenvalue weighted by atomic mass is 32.2. The van der Waals surface area contributed by atoms with Gasteiger partial charge in [0.05, 0.1) is 12.0 Å². The Labute approximate surface area is 192 Å². The van der Waals surface area contributed by atoms with Gasteiger partial charge in [0.1, 0.15) is 11.5 Å². The van der Waals surface area contributed by atoms with Crippen LogP contribution in [0.25, 0.3) is 10.8 Å². The molecule has 0 aromatic heterocycles. The van der Waals surface area contributed by atoms with Gasteiger partial charge < -0.3 is 14.8 Å². The van der Waals surface area contributed by atoms with Crippen molar-refractivity contribution in [2.45, 2.75) is 4.90 Å². The van der Waals surface area contributed by atoms with E-state index in [1.165, 1.54) is 19.2 Å². The predicted octanol–water partition coefficient (Wildman–Crippen LogP) is 4.67. The van der Waals surface area contributed by atoms with Crippen molar-refractivity contribution in [1.82, 2.24) is 0 Å². The summed E-state index contributed by atoms with van der Waals surface area (Å²) in [7, 11) is -2.31. The third-order valence-corrected chi connectivity index (χ3v) is 6.24. The van der Waals surface area contributed by atoms with Gasteiger partial charge in [-0.05, 0) is 65.4 Å². The van der Waals surface area contributed by atoms with E-state index >= 15 is 0 Å². The van der Waals surface area contributed by atoms with Crippen LogP contribution in [0, 0.1) is 0 Å². The third-order valence-electron chi connectivity index (χ3n) is 4.86. The molecule has 0 atom stereocenters. The molecular weight excluding hydrogens is 440 g/mol. The summed E-state index contributed by atoms with van der Waals surface area (Å²) >= 11 is 0. The first kappa shape index (κ1) is 22.2. The van der Waals surface area contributed by atoms with Gasteiger partial charge in [0.15, 0.2) is 6.61 Å². The fourth-order valence-corrected chi connectivity index (χ4v) is 4.32. The number of hydrogen-bond donors (Lipinski definition) is 2. The number of fused-ring (bicyclic) bond motifs is 1. The first-order valence-electron chi connectivity index (χ1n) is 10.1. The quantitative estimate of drug-likeness (QED) is 0.397. The molecule has 0 bridgehead atoms. The van der Waals surface area contributed by atoms with Crippen LogP contribution in [0.5, 0.6) is 11.5 Å². The second-order valence-electron chi connectivity index (χ2n) is 7.21. The number of carbonyl (C=O) groups excluding carboxylic acids is 1. The van der Waals surface area contributed by atoms with E-state index in [9.17, 15) is 13.2 Å². The summed E-state index contributed by atoms with van der Waals surface area (Å²) in [6.45, 7) is -0.209. The molecule has 0 saturated heterocycles. The van der Waals surface area contributed by atoms with E-state index in [4.69, 9.17) is 9.47 Å². The minimum Gasteiger partial charge on any atom is -0.497 e. The molecule has 33 heavy (non-hydrogen) atoms. The van der Waals surface area contributed by atoms with Crippen molar-refractivity contribution in [3.63, 3.8) is 0 Å². The third kappa shape index (κ3) is 5.61. The second kappa shape index (κ2) is 9.62. The van der Waals surface area contributed by atoms with Gasteiger partial charge >= 0.3 is 0 Å². The molecule has 0 radical (unpaired) electrons. The molecule has 7 nitrogen and oxygen atoms in total. The molecule has 1 amide bonds. The topological polar surface area (TPSA) is 93.7 Å². The number of benzene rings is 4. The van der Waals surface area contributed by atoms with Gasteiger partial charge in [-0.1, -0.05) is 36.4 Å². The minimum atomic E-state index is -3.84. The molecule has 0 aliphatic heterocycles. The van der Waals surface area contributed by atoms with E-state index in [2.05, 4.69) is 10.0 Å². The number of methoxy groups -OCH3 is 1. The minimum absolute atomic E-state index is 0.0200. The molecule has 4 aromatic rings. The number of sulfonamides is 1. The van der Waals surface area contributed by atoms with Crippen molar-refractivity contribution in [2.24, 2.45) is 0 Å². The number of ether oxygens (including phenoxy) is 2. The summed E-state index contributed by atoms with van der Waals surface area (Å²) in [5.74, 6) is 0.790. The first-order chi connectivity index (χ1) is 15.9. The molecule has 0 heterocycles. The predicted molar refractivity (Wildman–Crippen MR) is 128 cm³/mol. The van der Waals surface area contributed by atoms with Crippen LogP contribution in [-0.2, 0) is 14.8 Å². The van der Waals surface area contributed by atoms with E-state index in [-0.39, 0.29) is 11.5 Å². The van der Waals surface area contributed by atoms with Crippen LogP contribution in [0.1, 0.15) is 0 Å². The maximum absolute atomic E-state index is 12.7. The molecule has 168 valence electrons. The maximum atomic E-state index is 12.7. The molecule has 0 unspecified atom stereocenters. The van der Waals surface area contributed by atoms with Crippen molar-refractivity contribution in [3.8, 4) is 11.5 Å². The molecular formula is C25H22N2O5S. The van der Waals surface area contributed by atoms with Crippen LogP contribution in [0.2, 0.25) is 0 Å². The lowest BCUT2D eigenvalue weighted by Crippen LogP contribution is -2.20. The van der Waals surface area contributed by atoms with Crippen LogP contribution in [-0.4, -0.2) is 28.0 Å². The van der Waals surface area contributed by atoms with E-state index in [1.54, 1.807) is 42.5 Å². The number of hydrogen-bond acceptors (Lipinski definition) is 5. The van der Waals surface area contributed by atoms with E-state index in [1.807, 2.05) is 36.4 Å². The summed E-state index contributed by atoms with van der Waals surface area (Å²) in [5.41, 5.74) is 0.744. The number of amides is 1. The summed E-state index contributed by atoms with van der Waals surface area (Å²) in [5, 5.41) is 4.76. The largest absolute Gasteiger partial charge is 0.497 e. The van der Waals surface area contributed by atoms with E-state index in [0.717, 1.165) is 10.8 Å². The van der Waals surface area contributed by atoms with Gasteiger partial charge in [-0.3, -0.25) is 9.52 Å². The van der Waals surface area contributed by atoms with Crippen LogP contribution < -0.4 is 19.5 Å². The lowest BCUT2D eigenvalue weighted by atomic mass is 10.1. The molecule has 2 N–H and O–H groups in total. The fraction of sp³-hybridized carbons (Fsp3) is 0.0800. The molecule has 4 rings (SSSR count). The van der Waals surface area contributed by atoms with Crippen molar-refractivity contribution in [2.75, 3.05) is 23.8 Å². The first-order valence-corrected chi connectivity index (χ1v) is 11.6. The monoisotopic (exact) mass is 462 g/mol. The van der Waals surface area contributed by atoms with Gasteiger partial charge in [0, 0.05) is 11.4 Å². The Balaban J connectivity index is 1.39. The van der Waals surface area contributed by atoms with Gasteiger partial charge in [-0.25, -0.2) is 8.42 Å². The van der Waals surface area contributed by atoms with Crippen LogP contribution >= 0.6 is 0 Å². The molecule has 0 fully saturated rings. The van der Waals surface area contributed by atoms with Gasteiger partial charge in [0.2, 0.25) is 0 Å². The zero-order chi connectivity index (χ0) is 23.3. The Kier molecular flexibility index (Phi) is 6.46. The van der Waals surface area contributed by atoms with Gasteiger partial charge in [-0.15, -0.1) is 0 Å². The Hall–Kier alpha value is -4.04. The summed E-state index contributed by atoms with van der Waals surface area (Å²) in [4.78, 5) is 12.4. The number of nitrogens with one attached hydrogen (secondary N) is 2. The van der Waals surface area contributed by atoms with Crippen molar-refractivity contribution >= 4 is 38.1 Å². The highest BCUT2D eigenvalue weighted by Crippen LogP contribution is 2.22. The van der Waals surface area contributed by atoms with E-state index in [0.29, 0.717) is 22.9 Å². The average Bonchev–Trinajstić information content (AvgIpc) is 2.83. The molecule has 0 aliphatic carbocycles. The normalized spacial score (nSPS) is 11.1. The number of carbonyl (C=O) groups is 1. The SMILES string of the molecule is COc1ccc(NS(=O)(=O)c2cccc(NC(=O)COc3ccc4ccccc4c3)c2)cc1. The fourth-order valence-electron chi connectivity index (χ4n) is 3.22. The maximum Gasteiger partial charge on any atom is 0.262 e. The van der Waals surface area contributed by atoms with Gasteiger partial charge in [-0.2, -0.15) is 0 Å². The number of rotatable bonds is 8. The molecule has 4 aromatic carbocycles. The Morgan fingerprint density at radius 2 is 1.52 bits per heavy atom. The zero-order valence-corrected chi connectivity index (χ0v) is 18.6. The molecule has 8 heteroatoms. The Morgan fingerprint density at radius 3 is 2.27 bits per heavy atom. The van der Waals surface area contributed by atoms with Crippen molar-refractivity contribution < 1.29 is 22.7 Å². The molecule has 0 aliphatic rings. The molecule has 0 spiro atoms. The van der Waals surface area contributed by atoms with Crippen LogP contribution in [0.15, 0.2) is 95.9 Å². The lowest BCUT2D eigenvalue weighted by molar-refractivity contribution is -0.118. The number of anilines is 2. The van der Waals surface area contributed by atoms with Crippen LogP contribution in [0.4, 0.5) is 11.4 Å². The Bertz CT molecular complexity index is 1390. The highest BCUT2D eigenvalue weighted by molar-refractivity contribution is 7.92. The zero-order valence-electron chi connectivity index (χ0n) is 17.8. The standard InChI is InChI=1S/C25H22N2O5S/c1-31-22-13-10-20(11-14-22)27-33(29,30)24-8-4-7-21(16-24)26-25(28)17-32-23-12-9-18-5-2-3-6-19(18)15-23/h2-16,27H,17H2,1H3,(H,26,28). The smallest absolute Gasteiger partial charge is 0.262 e. The van der Waals surface area contributed by atoms with Crippen LogP contribution in [0.3, 0.4) is 0 Å². The summed E-state index contributed by atoms with van der Waals surface area (Å²) in [6.07, 6.45) is 0. The Morgan fingerprint density at radius 1 is 0.788 bits per heavy atom.